The summed E-state index contributed by atoms with van der Waals surface area (Å²) in [7, 11) is 1.38. The van der Waals surface area contributed by atoms with Crippen LogP contribution in [0.3, 0.4) is 0 Å². The minimum atomic E-state index is -4.13. The minimum Gasteiger partial charge on any atom is -0.294 e. The quantitative estimate of drug-likeness (QED) is 0.655. The molecule has 66 valence electrons. The van der Waals surface area contributed by atoms with Crippen molar-refractivity contribution in [1.82, 2.24) is 4.90 Å². The van der Waals surface area contributed by atoms with Gasteiger partial charge in [0, 0.05) is 12.1 Å². The number of rotatable bonds is 3. The summed E-state index contributed by atoms with van der Waals surface area (Å²) in [5.41, 5.74) is 1.20. The number of nitrogens with zero attached hydrogens (tertiary/aromatic N) is 1. The maximum Gasteiger partial charge on any atom is 0.401 e. The van der Waals surface area contributed by atoms with E-state index in [2.05, 4.69) is 0 Å². The van der Waals surface area contributed by atoms with Gasteiger partial charge in [-0.2, -0.15) is 13.2 Å². The van der Waals surface area contributed by atoms with Gasteiger partial charge in [-0.05, 0) is 7.05 Å². The van der Waals surface area contributed by atoms with Crippen molar-refractivity contribution in [2.24, 2.45) is 0 Å². The average Bonchev–Trinajstić information content (AvgIpc) is 1.79. The van der Waals surface area contributed by atoms with Gasteiger partial charge in [0.25, 0.3) is 0 Å². The van der Waals surface area contributed by atoms with Crippen molar-refractivity contribution in [3.05, 3.63) is 11.6 Å². The van der Waals surface area contributed by atoms with E-state index in [9.17, 15) is 13.2 Å². The molecule has 0 aromatic heterocycles. The Bertz CT molecular complexity index is 132. The molecule has 0 aliphatic rings. The lowest BCUT2D eigenvalue weighted by Gasteiger charge is -2.15. The smallest absolute Gasteiger partial charge is 0.294 e. The molecule has 0 bridgehead atoms. The second-order valence-corrected chi connectivity index (χ2v) is 2.43. The molecule has 5 heteroatoms. The van der Waals surface area contributed by atoms with E-state index < -0.39 is 12.7 Å². The molecule has 0 spiro atoms. The Kier molecular flexibility index (Phi) is 4.52. The van der Waals surface area contributed by atoms with Crippen LogP contribution in [0, 0.1) is 0 Å². The predicted octanol–water partition coefficient (Wildman–Crippen LogP) is 2.23. The zero-order valence-electron chi connectivity index (χ0n) is 6.03. The molecule has 0 N–H and O–H groups in total. The Morgan fingerprint density at radius 2 is 2.00 bits per heavy atom. The Morgan fingerprint density at radius 1 is 1.45 bits per heavy atom. The summed E-state index contributed by atoms with van der Waals surface area (Å²) in [6.07, 6.45) is -2.68. The highest BCUT2D eigenvalue weighted by Gasteiger charge is 2.28. The molecular formula is C6H9ClF3N. The molecule has 0 aliphatic heterocycles. The maximum atomic E-state index is 11.6. The topological polar surface area (TPSA) is 3.24 Å². The standard InChI is InChI=1S/C6H9ClF3N/c1-11(4-2-3-7)5-6(8,9)10/h2-3H,4-5H2,1H3/b3-2+. The first-order valence-corrected chi connectivity index (χ1v) is 3.40. The molecule has 0 atom stereocenters. The van der Waals surface area contributed by atoms with Crippen LogP contribution in [0.5, 0.6) is 0 Å². The van der Waals surface area contributed by atoms with E-state index in [1.165, 1.54) is 18.7 Å². The van der Waals surface area contributed by atoms with E-state index in [0.29, 0.717) is 0 Å². The third kappa shape index (κ3) is 7.68. The van der Waals surface area contributed by atoms with Gasteiger partial charge in [-0.25, -0.2) is 0 Å². The average molecular weight is 188 g/mol. The van der Waals surface area contributed by atoms with E-state index >= 15 is 0 Å². The van der Waals surface area contributed by atoms with Gasteiger partial charge in [0.05, 0.1) is 6.54 Å². The lowest BCUT2D eigenvalue weighted by Crippen LogP contribution is -2.30. The number of likely N-dealkylation sites (N-methyl/N-ethyl adjacent to an activating group) is 1. The highest BCUT2D eigenvalue weighted by molar-refractivity contribution is 6.25. The van der Waals surface area contributed by atoms with Crippen molar-refractivity contribution in [3.8, 4) is 0 Å². The maximum absolute atomic E-state index is 11.6. The van der Waals surface area contributed by atoms with Crippen LogP contribution in [0.1, 0.15) is 0 Å². The van der Waals surface area contributed by atoms with Gasteiger partial charge in [0.2, 0.25) is 0 Å². The minimum absolute atomic E-state index is 0.211. The molecule has 0 aromatic carbocycles. The molecule has 1 nitrogen and oxygen atoms in total. The zero-order valence-corrected chi connectivity index (χ0v) is 6.78. The van der Waals surface area contributed by atoms with E-state index in [1.54, 1.807) is 0 Å². The van der Waals surface area contributed by atoms with Crippen molar-refractivity contribution in [2.45, 2.75) is 6.18 Å². The molecule has 0 heterocycles. The molecule has 0 aromatic rings. The number of hydrogen-bond donors (Lipinski definition) is 0. The van der Waals surface area contributed by atoms with Crippen LogP contribution < -0.4 is 0 Å². The predicted molar refractivity (Wildman–Crippen MR) is 38.5 cm³/mol. The first-order chi connectivity index (χ1) is 4.95. The van der Waals surface area contributed by atoms with Crippen molar-refractivity contribution in [2.75, 3.05) is 20.1 Å². The van der Waals surface area contributed by atoms with E-state index in [1.807, 2.05) is 0 Å². The van der Waals surface area contributed by atoms with Gasteiger partial charge in [-0.3, -0.25) is 4.90 Å². The molecular weight excluding hydrogens is 179 g/mol. The fraction of sp³-hybridized carbons (Fsp3) is 0.667. The van der Waals surface area contributed by atoms with Crippen molar-refractivity contribution in [3.63, 3.8) is 0 Å². The zero-order chi connectivity index (χ0) is 8.91. The molecule has 0 fully saturated rings. The van der Waals surface area contributed by atoms with Gasteiger partial charge < -0.3 is 0 Å². The van der Waals surface area contributed by atoms with Crippen LogP contribution in [-0.2, 0) is 0 Å². The Morgan fingerprint density at radius 3 is 2.36 bits per heavy atom. The monoisotopic (exact) mass is 187 g/mol. The van der Waals surface area contributed by atoms with Crippen LogP contribution in [-0.4, -0.2) is 31.2 Å². The van der Waals surface area contributed by atoms with Crippen LogP contribution >= 0.6 is 11.6 Å². The first-order valence-electron chi connectivity index (χ1n) is 2.96. The molecule has 0 amide bonds. The van der Waals surface area contributed by atoms with Crippen molar-refractivity contribution >= 4 is 11.6 Å². The molecule has 0 aliphatic carbocycles. The summed E-state index contributed by atoms with van der Waals surface area (Å²) in [5, 5.41) is 0. The van der Waals surface area contributed by atoms with Gasteiger partial charge in [0.1, 0.15) is 0 Å². The molecule has 0 saturated heterocycles. The van der Waals surface area contributed by atoms with Crippen LogP contribution in [0.2, 0.25) is 0 Å². The van der Waals surface area contributed by atoms with Gasteiger partial charge >= 0.3 is 6.18 Å². The molecule has 0 saturated carbocycles. The third-order valence-corrected chi connectivity index (χ3v) is 1.13. The SMILES string of the molecule is CN(C/C=C/Cl)CC(F)(F)F. The summed E-state index contributed by atoms with van der Waals surface area (Å²) in [4.78, 5) is 1.12. The Hall–Kier alpha value is -0.220. The van der Waals surface area contributed by atoms with Crippen LogP contribution in [0.15, 0.2) is 11.6 Å². The highest BCUT2D eigenvalue weighted by atomic mass is 35.5. The lowest BCUT2D eigenvalue weighted by atomic mass is 10.5. The normalized spacial score (nSPS) is 13.3. The molecule has 0 rings (SSSR count). The Balaban J connectivity index is 3.60. The third-order valence-electron chi connectivity index (χ3n) is 0.955. The highest BCUT2D eigenvalue weighted by Crippen LogP contribution is 2.15. The van der Waals surface area contributed by atoms with Crippen LogP contribution in [0.25, 0.3) is 0 Å². The first kappa shape index (κ1) is 10.8. The fourth-order valence-electron chi connectivity index (χ4n) is 0.590. The molecule has 0 unspecified atom stereocenters. The van der Waals surface area contributed by atoms with Crippen molar-refractivity contribution in [1.29, 1.82) is 0 Å². The summed E-state index contributed by atoms with van der Waals surface area (Å²) >= 11 is 5.13. The van der Waals surface area contributed by atoms with Gasteiger partial charge in [0.15, 0.2) is 0 Å². The Labute approximate surface area is 68.4 Å². The second kappa shape index (κ2) is 4.62. The largest absolute Gasteiger partial charge is 0.401 e. The lowest BCUT2D eigenvalue weighted by molar-refractivity contribution is -0.141. The van der Waals surface area contributed by atoms with Gasteiger partial charge in [-0.1, -0.05) is 17.7 Å². The van der Waals surface area contributed by atoms with Gasteiger partial charge in [-0.15, -0.1) is 0 Å². The van der Waals surface area contributed by atoms with E-state index in [4.69, 9.17) is 11.6 Å². The molecule has 11 heavy (non-hydrogen) atoms. The summed E-state index contributed by atoms with van der Waals surface area (Å²) in [6, 6.07) is 0. The van der Waals surface area contributed by atoms with E-state index in [-0.39, 0.29) is 6.54 Å². The fourth-order valence-corrected chi connectivity index (χ4v) is 0.670. The van der Waals surface area contributed by atoms with E-state index in [0.717, 1.165) is 4.90 Å². The number of alkyl halides is 3. The summed E-state index contributed by atoms with van der Waals surface area (Å²) in [6.45, 7) is -0.697. The number of hydrogen-bond acceptors (Lipinski definition) is 1. The summed E-state index contributed by atoms with van der Waals surface area (Å²) < 4.78 is 34.9. The second-order valence-electron chi connectivity index (χ2n) is 2.17. The van der Waals surface area contributed by atoms with Crippen LogP contribution in [0.4, 0.5) is 13.2 Å². The summed E-state index contributed by atoms with van der Waals surface area (Å²) in [5.74, 6) is 0. The number of halogens is 4. The molecule has 0 radical (unpaired) electrons. The van der Waals surface area contributed by atoms with Crippen molar-refractivity contribution < 1.29 is 13.2 Å².